The van der Waals surface area contributed by atoms with Gasteiger partial charge in [0.1, 0.15) is 18.4 Å². The van der Waals surface area contributed by atoms with Crippen molar-refractivity contribution in [1.29, 1.82) is 0 Å². The molecule has 0 aliphatic heterocycles. The van der Waals surface area contributed by atoms with Crippen LogP contribution in [0.3, 0.4) is 0 Å². The first-order chi connectivity index (χ1) is 13.5. The predicted octanol–water partition coefficient (Wildman–Crippen LogP) is 2.61. The third kappa shape index (κ3) is 5.03. The van der Waals surface area contributed by atoms with Gasteiger partial charge in [0.15, 0.2) is 11.9 Å². The summed E-state index contributed by atoms with van der Waals surface area (Å²) in [7, 11) is 0. The highest BCUT2D eigenvalue weighted by atomic mass is 16.5. The molecule has 0 spiro atoms. The SMILES string of the molecule is CC(=O)c1cccc(O[C@@H](C)C(=O)NCc2ccccc2Cn2cncn2)c1. The molecule has 7 heteroatoms. The zero-order chi connectivity index (χ0) is 19.9. The molecule has 0 radical (unpaired) electrons. The molecule has 2 aromatic carbocycles. The fraction of sp³-hybridized carbons (Fsp3) is 0.238. The molecular formula is C21H22N4O3. The topological polar surface area (TPSA) is 86.1 Å². The smallest absolute Gasteiger partial charge is 0.261 e. The average Bonchev–Trinajstić information content (AvgIpc) is 3.20. The summed E-state index contributed by atoms with van der Waals surface area (Å²) in [6.45, 7) is 4.13. The fourth-order valence-electron chi connectivity index (χ4n) is 2.75. The van der Waals surface area contributed by atoms with Crippen LogP contribution in [0.15, 0.2) is 61.2 Å². The second kappa shape index (κ2) is 8.94. The van der Waals surface area contributed by atoms with Crippen molar-refractivity contribution in [3.63, 3.8) is 0 Å². The maximum absolute atomic E-state index is 12.4. The second-order valence-electron chi connectivity index (χ2n) is 6.42. The van der Waals surface area contributed by atoms with Gasteiger partial charge in [0.05, 0.1) is 6.54 Å². The van der Waals surface area contributed by atoms with Crippen LogP contribution in [0.4, 0.5) is 0 Å². The quantitative estimate of drug-likeness (QED) is 0.609. The molecular weight excluding hydrogens is 356 g/mol. The van der Waals surface area contributed by atoms with Crippen molar-refractivity contribution in [3.05, 3.63) is 77.9 Å². The highest BCUT2D eigenvalue weighted by Crippen LogP contribution is 2.16. The van der Waals surface area contributed by atoms with E-state index in [1.54, 1.807) is 42.2 Å². The van der Waals surface area contributed by atoms with Gasteiger partial charge in [0, 0.05) is 12.1 Å². The molecule has 0 saturated heterocycles. The number of amides is 1. The van der Waals surface area contributed by atoms with Crippen LogP contribution in [0.25, 0.3) is 0 Å². The Hall–Kier alpha value is -3.48. The minimum absolute atomic E-state index is 0.0495. The van der Waals surface area contributed by atoms with Gasteiger partial charge in [-0.15, -0.1) is 0 Å². The predicted molar refractivity (Wildman–Crippen MR) is 104 cm³/mol. The number of rotatable bonds is 8. The maximum atomic E-state index is 12.4. The molecule has 0 aliphatic carbocycles. The number of hydrogen-bond donors (Lipinski definition) is 1. The zero-order valence-corrected chi connectivity index (χ0v) is 15.8. The molecule has 1 N–H and O–H groups in total. The number of Topliss-reactive ketones (excluding diaryl/α,β-unsaturated/α-hetero) is 1. The summed E-state index contributed by atoms with van der Waals surface area (Å²) in [6.07, 6.45) is 2.45. The molecule has 1 amide bonds. The van der Waals surface area contributed by atoms with Gasteiger partial charge in [0.25, 0.3) is 5.91 Å². The molecule has 0 unspecified atom stereocenters. The molecule has 1 atom stereocenters. The molecule has 0 saturated carbocycles. The first kappa shape index (κ1) is 19.3. The van der Waals surface area contributed by atoms with Crippen LogP contribution >= 0.6 is 0 Å². The lowest BCUT2D eigenvalue weighted by molar-refractivity contribution is -0.127. The number of ether oxygens (including phenoxy) is 1. The Morgan fingerprint density at radius 1 is 1.14 bits per heavy atom. The van der Waals surface area contributed by atoms with Crippen molar-refractivity contribution >= 4 is 11.7 Å². The maximum Gasteiger partial charge on any atom is 0.261 e. The van der Waals surface area contributed by atoms with Crippen molar-refractivity contribution in [1.82, 2.24) is 20.1 Å². The van der Waals surface area contributed by atoms with Crippen LogP contribution in [-0.2, 0) is 17.9 Å². The molecule has 1 aromatic heterocycles. The molecule has 3 rings (SSSR count). The van der Waals surface area contributed by atoms with Gasteiger partial charge >= 0.3 is 0 Å². The van der Waals surface area contributed by atoms with E-state index in [4.69, 9.17) is 4.74 Å². The van der Waals surface area contributed by atoms with Crippen molar-refractivity contribution in [2.45, 2.75) is 33.0 Å². The molecule has 1 heterocycles. The minimum Gasteiger partial charge on any atom is -0.481 e. The van der Waals surface area contributed by atoms with Crippen LogP contribution in [-0.4, -0.2) is 32.6 Å². The summed E-state index contributed by atoms with van der Waals surface area (Å²) >= 11 is 0. The average molecular weight is 378 g/mol. The van der Waals surface area contributed by atoms with Gasteiger partial charge in [-0.25, -0.2) is 9.67 Å². The number of ketones is 1. The van der Waals surface area contributed by atoms with Crippen LogP contribution in [0.2, 0.25) is 0 Å². The number of aromatic nitrogens is 3. The van der Waals surface area contributed by atoms with E-state index < -0.39 is 6.10 Å². The van der Waals surface area contributed by atoms with Crippen molar-refractivity contribution in [2.24, 2.45) is 0 Å². The van der Waals surface area contributed by atoms with E-state index in [0.29, 0.717) is 24.4 Å². The number of carbonyl (C=O) groups is 2. The lowest BCUT2D eigenvalue weighted by atomic mass is 10.1. The fourth-order valence-corrected chi connectivity index (χ4v) is 2.75. The molecule has 0 aliphatic rings. The van der Waals surface area contributed by atoms with Gasteiger partial charge in [-0.1, -0.05) is 36.4 Å². The Balaban J connectivity index is 1.59. The van der Waals surface area contributed by atoms with E-state index in [1.165, 1.54) is 13.3 Å². The monoisotopic (exact) mass is 378 g/mol. The Kier molecular flexibility index (Phi) is 6.16. The second-order valence-corrected chi connectivity index (χ2v) is 6.42. The molecule has 7 nitrogen and oxygen atoms in total. The summed E-state index contributed by atoms with van der Waals surface area (Å²) in [4.78, 5) is 27.9. The number of hydrogen-bond acceptors (Lipinski definition) is 5. The third-order valence-corrected chi connectivity index (χ3v) is 4.29. The Labute approximate surface area is 163 Å². The minimum atomic E-state index is -0.690. The van der Waals surface area contributed by atoms with Crippen LogP contribution < -0.4 is 10.1 Å². The summed E-state index contributed by atoms with van der Waals surface area (Å²) in [5.74, 6) is 0.206. The van der Waals surface area contributed by atoms with E-state index in [-0.39, 0.29) is 11.7 Å². The summed E-state index contributed by atoms with van der Waals surface area (Å²) in [5.41, 5.74) is 2.60. The zero-order valence-electron chi connectivity index (χ0n) is 15.8. The summed E-state index contributed by atoms with van der Waals surface area (Å²) in [6, 6.07) is 14.7. The van der Waals surface area contributed by atoms with Crippen LogP contribution in [0.5, 0.6) is 5.75 Å². The lowest BCUT2D eigenvalue weighted by Crippen LogP contribution is -2.36. The van der Waals surface area contributed by atoms with E-state index >= 15 is 0 Å². The highest BCUT2D eigenvalue weighted by molar-refractivity contribution is 5.94. The van der Waals surface area contributed by atoms with E-state index in [1.807, 2.05) is 24.3 Å². The van der Waals surface area contributed by atoms with Crippen LogP contribution in [0, 0.1) is 0 Å². The van der Waals surface area contributed by atoms with E-state index in [2.05, 4.69) is 15.4 Å². The number of benzene rings is 2. The first-order valence-corrected chi connectivity index (χ1v) is 8.97. The molecule has 3 aromatic rings. The standard InChI is InChI=1S/C21H22N4O3/c1-15(26)17-8-5-9-20(10-17)28-16(2)21(27)23-11-18-6-3-4-7-19(18)12-25-14-22-13-24-25/h3-10,13-14,16H,11-12H2,1-2H3,(H,23,27)/t16-/m0/s1. The summed E-state index contributed by atoms with van der Waals surface area (Å²) < 4.78 is 7.41. The number of nitrogens with zero attached hydrogens (tertiary/aromatic N) is 3. The third-order valence-electron chi connectivity index (χ3n) is 4.29. The molecule has 28 heavy (non-hydrogen) atoms. The first-order valence-electron chi connectivity index (χ1n) is 8.97. The lowest BCUT2D eigenvalue weighted by Gasteiger charge is -2.16. The van der Waals surface area contributed by atoms with Crippen LogP contribution in [0.1, 0.15) is 35.3 Å². The van der Waals surface area contributed by atoms with Crippen molar-refractivity contribution in [3.8, 4) is 5.75 Å². The van der Waals surface area contributed by atoms with Gasteiger partial charge in [0.2, 0.25) is 0 Å². The Bertz CT molecular complexity index is 954. The number of nitrogens with one attached hydrogen (secondary N) is 1. The molecule has 0 fully saturated rings. The number of carbonyl (C=O) groups excluding carboxylic acids is 2. The largest absolute Gasteiger partial charge is 0.481 e. The summed E-state index contributed by atoms with van der Waals surface area (Å²) in [5, 5.41) is 7.02. The molecule has 0 bridgehead atoms. The van der Waals surface area contributed by atoms with E-state index in [9.17, 15) is 9.59 Å². The van der Waals surface area contributed by atoms with Crippen molar-refractivity contribution in [2.75, 3.05) is 0 Å². The van der Waals surface area contributed by atoms with Gasteiger partial charge in [-0.3, -0.25) is 9.59 Å². The Morgan fingerprint density at radius 3 is 2.64 bits per heavy atom. The van der Waals surface area contributed by atoms with Crippen molar-refractivity contribution < 1.29 is 14.3 Å². The highest BCUT2D eigenvalue weighted by Gasteiger charge is 2.15. The molecule has 144 valence electrons. The normalized spacial score (nSPS) is 11.6. The van der Waals surface area contributed by atoms with Gasteiger partial charge in [-0.2, -0.15) is 5.10 Å². The van der Waals surface area contributed by atoms with Gasteiger partial charge in [-0.05, 0) is 37.1 Å². The van der Waals surface area contributed by atoms with Gasteiger partial charge < -0.3 is 10.1 Å². The van der Waals surface area contributed by atoms with E-state index in [0.717, 1.165) is 11.1 Å². The Morgan fingerprint density at radius 2 is 1.93 bits per heavy atom.